The molecule has 19 heavy (non-hydrogen) atoms. The summed E-state index contributed by atoms with van der Waals surface area (Å²) in [5.74, 6) is -0.429. The van der Waals surface area contributed by atoms with E-state index in [-0.39, 0.29) is 0 Å². The van der Waals surface area contributed by atoms with Crippen LogP contribution in [0.15, 0.2) is 43.0 Å². The number of aromatic nitrogens is 1. The third-order valence-electron chi connectivity index (χ3n) is 2.44. The van der Waals surface area contributed by atoms with Crippen LogP contribution in [-0.4, -0.2) is 24.6 Å². The van der Waals surface area contributed by atoms with Gasteiger partial charge in [0.2, 0.25) is 0 Å². The second-order valence-electron chi connectivity index (χ2n) is 3.72. The minimum atomic E-state index is -0.429. The molecule has 1 aromatic carbocycles. The number of methoxy groups -OCH3 is 1. The summed E-state index contributed by atoms with van der Waals surface area (Å²) in [5.41, 5.74) is 1.29. The molecule has 0 saturated carbocycles. The van der Waals surface area contributed by atoms with Crippen molar-refractivity contribution in [2.75, 3.05) is 19.0 Å². The molecular weight excluding hydrogens is 260 g/mol. The number of nitrogens with zero attached hydrogens (tertiary/aromatic N) is 1. The van der Waals surface area contributed by atoms with Gasteiger partial charge >= 0.3 is 5.97 Å². The van der Waals surface area contributed by atoms with E-state index < -0.39 is 5.97 Å². The number of nitrogens with one attached hydrogen (secondary N) is 1. The summed E-state index contributed by atoms with van der Waals surface area (Å²) in [6.45, 7) is 4.24. The highest BCUT2D eigenvalue weighted by atomic mass is 32.1. The molecule has 0 aliphatic rings. The molecule has 0 unspecified atom stereocenters. The van der Waals surface area contributed by atoms with E-state index in [0.29, 0.717) is 17.4 Å². The van der Waals surface area contributed by atoms with E-state index in [1.807, 2.05) is 30.3 Å². The van der Waals surface area contributed by atoms with Gasteiger partial charge in [-0.1, -0.05) is 47.7 Å². The van der Waals surface area contributed by atoms with Crippen LogP contribution in [0, 0.1) is 0 Å². The second kappa shape index (κ2) is 6.15. The van der Waals surface area contributed by atoms with Crippen molar-refractivity contribution in [1.82, 2.24) is 4.98 Å². The fraction of sp³-hybridized carbons (Fsp3) is 0.143. The molecule has 98 valence electrons. The molecule has 2 rings (SSSR count). The molecule has 2 aromatic rings. The lowest BCUT2D eigenvalue weighted by Gasteiger charge is -1.99. The lowest BCUT2D eigenvalue weighted by Crippen LogP contribution is -2.04. The van der Waals surface area contributed by atoms with Gasteiger partial charge in [0.25, 0.3) is 0 Å². The Kier molecular flexibility index (Phi) is 4.30. The van der Waals surface area contributed by atoms with Crippen LogP contribution in [-0.2, 0) is 4.74 Å². The molecular formula is C14H14N2O2S. The number of carbonyl (C=O) groups is 1. The van der Waals surface area contributed by atoms with Crippen LogP contribution in [0.3, 0.4) is 0 Å². The number of benzene rings is 1. The Labute approximate surface area is 115 Å². The highest BCUT2D eigenvalue weighted by Gasteiger charge is 2.19. The lowest BCUT2D eigenvalue weighted by atomic mass is 10.1. The van der Waals surface area contributed by atoms with Gasteiger partial charge in [0.15, 0.2) is 10.8 Å². The highest BCUT2D eigenvalue weighted by Crippen LogP contribution is 2.33. The van der Waals surface area contributed by atoms with Gasteiger partial charge in [-0.3, -0.25) is 0 Å². The monoisotopic (exact) mass is 274 g/mol. The first-order chi connectivity index (χ1) is 9.26. The Morgan fingerprint density at radius 3 is 2.84 bits per heavy atom. The van der Waals surface area contributed by atoms with Crippen LogP contribution in [0.25, 0.3) is 10.4 Å². The van der Waals surface area contributed by atoms with Gasteiger partial charge in [0.05, 0.1) is 12.0 Å². The maximum atomic E-state index is 11.8. The minimum absolute atomic E-state index is 0.338. The van der Waals surface area contributed by atoms with E-state index in [0.717, 1.165) is 10.4 Å². The maximum absolute atomic E-state index is 11.8. The Morgan fingerprint density at radius 2 is 2.21 bits per heavy atom. The summed E-state index contributed by atoms with van der Waals surface area (Å²) in [5, 5.41) is 3.77. The Morgan fingerprint density at radius 1 is 1.47 bits per heavy atom. The first kappa shape index (κ1) is 13.3. The van der Waals surface area contributed by atoms with Crippen molar-refractivity contribution < 1.29 is 9.53 Å². The zero-order valence-corrected chi connectivity index (χ0v) is 11.4. The summed E-state index contributed by atoms with van der Waals surface area (Å²) >= 11 is 1.43. The number of thiazole rings is 1. The quantitative estimate of drug-likeness (QED) is 0.672. The maximum Gasteiger partial charge on any atom is 0.358 e. The Hall–Kier alpha value is -2.14. The number of rotatable bonds is 5. The van der Waals surface area contributed by atoms with E-state index in [1.165, 1.54) is 18.4 Å². The molecule has 1 N–H and O–H groups in total. The van der Waals surface area contributed by atoms with Crippen LogP contribution >= 0.6 is 11.3 Å². The van der Waals surface area contributed by atoms with E-state index in [1.54, 1.807) is 6.08 Å². The van der Waals surface area contributed by atoms with Crippen molar-refractivity contribution in [2.24, 2.45) is 0 Å². The van der Waals surface area contributed by atoms with Crippen LogP contribution in [0.5, 0.6) is 0 Å². The summed E-state index contributed by atoms with van der Waals surface area (Å²) in [6, 6.07) is 9.66. The van der Waals surface area contributed by atoms with Crippen LogP contribution in [0.2, 0.25) is 0 Å². The van der Waals surface area contributed by atoms with E-state index in [4.69, 9.17) is 4.74 Å². The van der Waals surface area contributed by atoms with Crippen molar-refractivity contribution in [3.63, 3.8) is 0 Å². The third kappa shape index (κ3) is 3.00. The summed E-state index contributed by atoms with van der Waals surface area (Å²) in [4.78, 5) is 16.9. The molecule has 0 atom stereocenters. The second-order valence-corrected chi connectivity index (χ2v) is 4.72. The molecule has 0 fully saturated rings. The third-order valence-corrected chi connectivity index (χ3v) is 3.50. The van der Waals surface area contributed by atoms with Crippen molar-refractivity contribution in [3.05, 3.63) is 48.7 Å². The van der Waals surface area contributed by atoms with Crippen molar-refractivity contribution >= 4 is 22.4 Å². The molecule has 0 aliphatic carbocycles. The van der Waals surface area contributed by atoms with Crippen molar-refractivity contribution in [2.45, 2.75) is 0 Å². The first-order valence-corrected chi connectivity index (χ1v) is 6.57. The molecule has 1 aromatic heterocycles. The Bertz CT molecular complexity index is 578. The topological polar surface area (TPSA) is 51.2 Å². The molecule has 1 heterocycles. The molecule has 0 bridgehead atoms. The zero-order valence-electron chi connectivity index (χ0n) is 10.6. The lowest BCUT2D eigenvalue weighted by molar-refractivity contribution is 0.0596. The highest BCUT2D eigenvalue weighted by molar-refractivity contribution is 7.19. The smallest absolute Gasteiger partial charge is 0.358 e. The van der Waals surface area contributed by atoms with Gasteiger partial charge in [0, 0.05) is 6.54 Å². The van der Waals surface area contributed by atoms with E-state index >= 15 is 0 Å². The normalized spacial score (nSPS) is 9.95. The molecule has 5 heteroatoms. The zero-order chi connectivity index (χ0) is 13.7. The number of anilines is 1. The predicted molar refractivity (Wildman–Crippen MR) is 77.6 cm³/mol. The summed E-state index contributed by atoms with van der Waals surface area (Å²) in [7, 11) is 1.35. The van der Waals surface area contributed by atoms with E-state index in [9.17, 15) is 4.79 Å². The minimum Gasteiger partial charge on any atom is -0.464 e. The van der Waals surface area contributed by atoms with Gasteiger partial charge in [-0.2, -0.15) is 0 Å². The van der Waals surface area contributed by atoms with E-state index in [2.05, 4.69) is 16.9 Å². The number of ether oxygens (including phenoxy) is 1. The SMILES string of the molecule is C=CCNc1nc(C(=O)OC)c(-c2ccccc2)s1. The molecule has 0 amide bonds. The van der Waals surface area contributed by atoms with Gasteiger partial charge < -0.3 is 10.1 Å². The molecule has 0 radical (unpaired) electrons. The predicted octanol–water partition coefficient (Wildman–Crippen LogP) is 3.19. The molecule has 4 nitrogen and oxygen atoms in total. The standard InChI is InChI=1S/C14H14N2O2S/c1-3-9-15-14-16-11(13(17)18-2)12(19-14)10-7-5-4-6-8-10/h3-8H,1,9H2,2H3,(H,15,16). The van der Waals surface area contributed by atoms with Crippen LogP contribution < -0.4 is 5.32 Å². The molecule has 0 aliphatic heterocycles. The van der Waals surface area contributed by atoms with Crippen LogP contribution in [0.4, 0.5) is 5.13 Å². The fourth-order valence-electron chi connectivity index (χ4n) is 1.58. The van der Waals surface area contributed by atoms with Gasteiger partial charge in [-0.15, -0.1) is 6.58 Å². The van der Waals surface area contributed by atoms with Gasteiger partial charge in [-0.05, 0) is 5.56 Å². The van der Waals surface area contributed by atoms with Crippen molar-refractivity contribution in [1.29, 1.82) is 0 Å². The summed E-state index contributed by atoms with van der Waals surface area (Å²) in [6.07, 6.45) is 1.74. The van der Waals surface area contributed by atoms with Crippen molar-refractivity contribution in [3.8, 4) is 10.4 Å². The first-order valence-electron chi connectivity index (χ1n) is 5.75. The van der Waals surface area contributed by atoms with Gasteiger partial charge in [0.1, 0.15) is 0 Å². The number of esters is 1. The average Bonchev–Trinajstić information content (AvgIpc) is 2.89. The number of carbonyl (C=O) groups excluding carboxylic acids is 1. The van der Waals surface area contributed by atoms with Gasteiger partial charge in [-0.25, -0.2) is 9.78 Å². The molecule has 0 saturated heterocycles. The fourth-order valence-corrected chi connectivity index (χ4v) is 2.54. The Balaban J connectivity index is 2.42. The average molecular weight is 274 g/mol. The molecule has 0 spiro atoms. The number of hydrogen-bond acceptors (Lipinski definition) is 5. The summed E-state index contributed by atoms with van der Waals surface area (Å²) < 4.78 is 4.77. The largest absolute Gasteiger partial charge is 0.464 e. The number of hydrogen-bond donors (Lipinski definition) is 1. The van der Waals surface area contributed by atoms with Crippen LogP contribution in [0.1, 0.15) is 10.5 Å².